The predicted octanol–water partition coefficient (Wildman–Crippen LogP) is 2.10. The number of nitrogens with one attached hydrogen (secondary N) is 1. The summed E-state index contributed by atoms with van der Waals surface area (Å²) in [6.07, 6.45) is 1.74. The van der Waals surface area contributed by atoms with E-state index < -0.39 is 10.0 Å². The van der Waals surface area contributed by atoms with E-state index in [2.05, 4.69) is 9.62 Å². The maximum atomic E-state index is 12.9. The molecule has 154 valence electrons. The van der Waals surface area contributed by atoms with Crippen LogP contribution in [0.15, 0.2) is 53.4 Å². The maximum absolute atomic E-state index is 12.9. The van der Waals surface area contributed by atoms with Gasteiger partial charge in [0.25, 0.3) is 5.91 Å². The SMILES string of the molecule is COc1ccccc1N1CCN(C(=O)c2cccc(S(=O)(=O)NC3CC3)c2)CC1. The van der Waals surface area contributed by atoms with E-state index in [1.165, 1.54) is 12.1 Å². The van der Waals surface area contributed by atoms with E-state index in [1.807, 2.05) is 24.3 Å². The van der Waals surface area contributed by atoms with Crippen LogP contribution in [0.1, 0.15) is 23.2 Å². The minimum Gasteiger partial charge on any atom is -0.495 e. The highest BCUT2D eigenvalue weighted by molar-refractivity contribution is 7.89. The zero-order chi connectivity index (χ0) is 20.4. The molecule has 1 saturated heterocycles. The molecular weight excluding hydrogens is 390 g/mol. The van der Waals surface area contributed by atoms with E-state index in [0.29, 0.717) is 31.7 Å². The first-order chi connectivity index (χ1) is 14.0. The first-order valence-corrected chi connectivity index (χ1v) is 11.3. The molecule has 1 aliphatic carbocycles. The van der Waals surface area contributed by atoms with Crippen molar-refractivity contribution in [1.82, 2.24) is 9.62 Å². The predicted molar refractivity (Wildman–Crippen MR) is 111 cm³/mol. The lowest BCUT2D eigenvalue weighted by atomic mass is 10.1. The summed E-state index contributed by atoms with van der Waals surface area (Å²) < 4.78 is 33.0. The molecule has 2 aromatic rings. The van der Waals surface area contributed by atoms with Gasteiger partial charge in [0.2, 0.25) is 10.0 Å². The average molecular weight is 416 g/mol. The van der Waals surface area contributed by atoms with E-state index in [9.17, 15) is 13.2 Å². The number of sulfonamides is 1. The Hall–Kier alpha value is -2.58. The summed E-state index contributed by atoms with van der Waals surface area (Å²) in [5.41, 5.74) is 1.41. The van der Waals surface area contributed by atoms with Crippen molar-refractivity contribution < 1.29 is 17.9 Å². The number of amides is 1. The maximum Gasteiger partial charge on any atom is 0.254 e. The number of ether oxygens (including phenoxy) is 1. The molecular formula is C21H25N3O4S. The molecule has 2 fully saturated rings. The number of benzene rings is 2. The van der Waals surface area contributed by atoms with Crippen molar-refractivity contribution >= 4 is 21.6 Å². The van der Waals surface area contributed by atoms with Gasteiger partial charge in [0, 0.05) is 37.8 Å². The van der Waals surface area contributed by atoms with E-state index in [4.69, 9.17) is 4.74 Å². The van der Waals surface area contributed by atoms with Crippen molar-refractivity contribution in [2.45, 2.75) is 23.8 Å². The van der Waals surface area contributed by atoms with Gasteiger partial charge in [0.1, 0.15) is 5.75 Å². The molecule has 1 heterocycles. The molecule has 2 aliphatic rings. The second-order valence-corrected chi connectivity index (χ2v) is 9.09. The van der Waals surface area contributed by atoms with Crippen LogP contribution < -0.4 is 14.4 Å². The minimum absolute atomic E-state index is 0.0300. The zero-order valence-electron chi connectivity index (χ0n) is 16.4. The molecule has 1 saturated carbocycles. The van der Waals surface area contributed by atoms with Gasteiger partial charge in [-0.15, -0.1) is 0 Å². The molecule has 7 nitrogen and oxygen atoms in total. The number of carbonyl (C=O) groups is 1. The Kier molecular flexibility index (Phi) is 5.47. The molecule has 0 radical (unpaired) electrons. The smallest absolute Gasteiger partial charge is 0.254 e. The fourth-order valence-corrected chi connectivity index (χ4v) is 4.86. The number of nitrogens with zero attached hydrogens (tertiary/aromatic N) is 2. The van der Waals surface area contributed by atoms with Gasteiger partial charge in [-0.25, -0.2) is 13.1 Å². The Balaban J connectivity index is 1.44. The summed E-state index contributed by atoms with van der Waals surface area (Å²) >= 11 is 0. The molecule has 0 atom stereocenters. The highest BCUT2D eigenvalue weighted by atomic mass is 32.2. The highest BCUT2D eigenvalue weighted by Gasteiger charge is 2.29. The summed E-state index contributed by atoms with van der Waals surface area (Å²) in [5.74, 6) is 0.668. The van der Waals surface area contributed by atoms with Crippen LogP contribution in [0, 0.1) is 0 Å². The third-order valence-electron chi connectivity index (χ3n) is 5.28. The van der Waals surface area contributed by atoms with Crippen LogP contribution in [-0.2, 0) is 10.0 Å². The number of carbonyl (C=O) groups excluding carboxylic acids is 1. The molecule has 0 unspecified atom stereocenters. The van der Waals surface area contributed by atoms with Crippen LogP contribution in [0.2, 0.25) is 0 Å². The van der Waals surface area contributed by atoms with Gasteiger partial charge >= 0.3 is 0 Å². The van der Waals surface area contributed by atoms with Gasteiger partial charge in [-0.05, 0) is 43.2 Å². The summed E-state index contributed by atoms with van der Waals surface area (Å²) in [6, 6.07) is 14.2. The van der Waals surface area contributed by atoms with Crippen molar-refractivity contribution in [2.24, 2.45) is 0 Å². The van der Waals surface area contributed by atoms with Gasteiger partial charge in [-0.3, -0.25) is 4.79 Å². The molecule has 0 spiro atoms. The van der Waals surface area contributed by atoms with Crippen molar-refractivity contribution in [2.75, 3.05) is 38.2 Å². The Morgan fingerprint density at radius 3 is 2.45 bits per heavy atom. The quantitative estimate of drug-likeness (QED) is 0.782. The van der Waals surface area contributed by atoms with Crippen LogP contribution in [-0.4, -0.2) is 58.6 Å². The van der Waals surface area contributed by atoms with Crippen LogP contribution in [0.4, 0.5) is 5.69 Å². The Bertz CT molecular complexity index is 996. The topological polar surface area (TPSA) is 79.0 Å². The second kappa shape index (κ2) is 8.04. The number of para-hydroxylation sites is 2. The minimum atomic E-state index is -3.58. The molecule has 1 N–H and O–H groups in total. The van der Waals surface area contributed by atoms with Crippen molar-refractivity contribution in [3.05, 3.63) is 54.1 Å². The molecule has 0 aromatic heterocycles. The Labute approximate surface area is 171 Å². The van der Waals surface area contributed by atoms with E-state index >= 15 is 0 Å². The van der Waals surface area contributed by atoms with Crippen LogP contribution in [0.3, 0.4) is 0 Å². The number of hydrogen-bond donors (Lipinski definition) is 1. The molecule has 1 aliphatic heterocycles. The lowest BCUT2D eigenvalue weighted by Gasteiger charge is -2.36. The largest absolute Gasteiger partial charge is 0.495 e. The number of rotatable bonds is 6. The lowest BCUT2D eigenvalue weighted by molar-refractivity contribution is 0.0746. The van der Waals surface area contributed by atoms with Gasteiger partial charge in [-0.1, -0.05) is 18.2 Å². The number of piperazine rings is 1. The first-order valence-electron chi connectivity index (χ1n) is 9.77. The summed E-state index contributed by atoms with van der Waals surface area (Å²) in [7, 11) is -1.93. The monoisotopic (exact) mass is 415 g/mol. The van der Waals surface area contributed by atoms with Crippen LogP contribution in [0.25, 0.3) is 0 Å². The average Bonchev–Trinajstić information content (AvgIpc) is 3.57. The normalized spacial score (nSPS) is 17.3. The summed E-state index contributed by atoms with van der Waals surface area (Å²) in [4.78, 5) is 17.1. The Morgan fingerprint density at radius 2 is 1.76 bits per heavy atom. The van der Waals surface area contributed by atoms with E-state index in [0.717, 1.165) is 24.3 Å². The van der Waals surface area contributed by atoms with Gasteiger partial charge in [0.15, 0.2) is 0 Å². The standard InChI is InChI=1S/C21H25N3O4S/c1-28-20-8-3-2-7-19(20)23-11-13-24(14-12-23)21(25)16-5-4-6-18(15-16)29(26,27)22-17-9-10-17/h2-8,15,17,22H,9-14H2,1H3. The molecule has 1 amide bonds. The summed E-state index contributed by atoms with van der Waals surface area (Å²) in [5, 5.41) is 0. The second-order valence-electron chi connectivity index (χ2n) is 7.37. The number of methoxy groups -OCH3 is 1. The first kappa shape index (κ1) is 19.7. The fraction of sp³-hybridized carbons (Fsp3) is 0.381. The molecule has 4 rings (SSSR count). The fourth-order valence-electron chi connectivity index (χ4n) is 3.51. The zero-order valence-corrected chi connectivity index (χ0v) is 17.2. The van der Waals surface area contributed by atoms with Gasteiger partial charge in [-0.2, -0.15) is 0 Å². The van der Waals surface area contributed by atoms with Gasteiger partial charge in [0.05, 0.1) is 17.7 Å². The lowest BCUT2D eigenvalue weighted by Crippen LogP contribution is -2.48. The third kappa shape index (κ3) is 4.38. The number of hydrogen-bond acceptors (Lipinski definition) is 5. The van der Waals surface area contributed by atoms with Crippen LogP contribution in [0.5, 0.6) is 5.75 Å². The molecule has 2 aromatic carbocycles. The molecule has 0 bridgehead atoms. The van der Waals surface area contributed by atoms with Crippen LogP contribution >= 0.6 is 0 Å². The van der Waals surface area contributed by atoms with Gasteiger partial charge < -0.3 is 14.5 Å². The van der Waals surface area contributed by atoms with Crippen molar-refractivity contribution in [3.8, 4) is 5.75 Å². The van der Waals surface area contributed by atoms with E-state index in [-0.39, 0.29) is 16.8 Å². The van der Waals surface area contributed by atoms with E-state index in [1.54, 1.807) is 24.1 Å². The summed E-state index contributed by atoms with van der Waals surface area (Å²) in [6.45, 7) is 2.50. The van der Waals surface area contributed by atoms with Crippen molar-refractivity contribution in [1.29, 1.82) is 0 Å². The highest BCUT2D eigenvalue weighted by Crippen LogP contribution is 2.28. The van der Waals surface area contributed by atoms with Crippen molar-refractivity contribution in [3.63, 3.8) is 0 Å². The molecule has 29 heavy (non-hydrogen) atoms. The third-order valence-corrected chi connectivity index (χ3v) is 6.80. The number of anilines is 1. The Morgan fingerprint density at radius 1 is 1.03 bits per heavy atom. The molecule has 8 heteroatoms.